The molecule has 0 aliphatic carbocycles. The summed E-state index contributed by atoms with van der Waals surface area (Å²) in [5.74, 6) is -0.893. The Kier molecular flexibility index (Phi) is 3.43. The van der Waals surface area contributed by atoms with Gasteiger partial charge in [0.2, 0.25) is 5.91 Å². The molecule has 90 valence electrons. The summed E-state index contributed by atoms with van der Waals surface area (Å²) in [7, 11) is 0. The Hall–Kier alpha value is -1.10. The molecular formula is C11H18N2O3. The number of carbonyl (C=O) groups is 2. The van der Waals surface area contributed by atoms with E-state index in [1.54, 1.807) is 4.90 Å². The fraction of sp³-hybridized carbons (Fsp3) is 0.818. The maximum atomic E-state index is 12.1. The lowest BCUT2D eigenvalue weighted by molar-refractivity contribution is -0.152. The van der Waals surface area contributed by atoms with Crippen molar-refractivity contribution in [3.05, 3.63) is 0 Å². The highest BCUT2D eigenvalue weighted by Gasteiger charge is 2.35. The van der Waals surface area contributed by atoms with Gasteiger partial charge in [-0.1, -0.05) is 0 Å². The van der Waals surface area contributed by atoms with Crippen molar-refractivity contribution in [1.82, 2.24) is 10.2 Å². The third-order valence-electron chi connectivity index (χ3n) is 3.43. The quantitative estimate of drug-likeness (QED) is 0.706. The number of hydrogen-bond acceptors (Lipinski definition) is 3. The number of hydrogen-bond donors (Lipinski definition) is 2. The number of carboxylic acid groups (broad SMARTS) is 1. The largest absolute Gasteiger partial charge is 0.480 e. The monoisotopic (exact) mass is 226 g/mol. The van der Waals surface area contributed by atoms with E-state index in [1.165, 1.54) is 0 Å². The highest BCUT2D eigenvalue weighted by Crippen LogP contribution is 2.20. The maximum absolute atomic E-state index is 12.1. The maximum Gasteiger partial charge on any atom is 0.326 e. The van der Waals surface area contributed by atoms with E-state index in [0.717, 1.165) is 32.2 Å². The number of aliphatic carboxylic acids is 1. The van der Waals surface area contributed by atoms with Crippen molar-refractivity contribution in [1.29, 1.82) is 0 Å². The lowest BCUT2D eigenvalue weighted by Crippen LogP contribution is -2.53. The van der Waals surface area contributed by atoms with Crippen LogP contribution in [0, 0.1) is 0 Å². The first kappa shape index (κ1) is 11.4. The van der Waals surface area contributed by atoms with Gasteiger partial charge in [-0.15, -0.1) is 0 Å². The van der Waals surface area contributed by atoms with E-state index < -0.39 is 12.0 Å². The van der Waals surface area contributed by atoms with Gasteiger partial charge in [0.15, 0.2) is 0 Å². The van der Waals surface area contributed by atoms with Gasteiger partial charge < -0.3 is 15.3 Å². The second-order valence-electron chi connectivity index (χ2n) is 4.53. The number of likely N-dealkylation sites (tertiary alicyclic amines) is 1. The molecule has 2 rings (SSSR count). The molecule has 5 nitrogen and oxygen atoms in total. The number of nitrogens with one attached hydrogen (secondary N) is 1. The van der Waals surface area contributed by atoms with E-state index in [9.17, 15) is 9.59 Å². The molecule has 0 aromatic heterocycles. The number of rotatable bonds is 2. The molecule has 2 aliphatic rings. The number of carboxylic acids is 1. The minimum Gasteiger partial charge on any atom is -0.480 e. The minimum absolute atomic E-state index is 0.0235. The van der Waals surface area contributed by atoms with Crippen LogP contribution >= 0.6 is 0 Å². The summed E-state index contributed by atoms with van der Waals surface area (Å²) < 4.78 is 0. The molecule has 5 heteroatoms. The van der Waals surface area contributed by atoms with Crippen LogP contribution in [-0.4, -0.2) is 47.1 Å². The van der Waals surface area contributed by atoms with E-state index in [1.807, 2.05) is 0 Å². The van der Waals surface area contributed by atoms with Crippen LogP contribution in [0.2, 0.25) is 0 Å². The molecular weight excluding hydrogens is 208 g/mol. The van der Waals surface area contributed by atoms with Crippen LogP contribution in [0.25, 0.3) is 0 Å². The van der Waals surface area contributed by atoms with Crippen LogP contribution in [-0.2, 0) is 9.59 Å². The number of amides is 1. The molecule has 1 amide bonds. The summed E-state index contributed by atoms with van der Waals surface area (Å²) in [5.41, 5.74) is 0. The Morgan fingerprint density at radius 3 is 2.62 bits per heavy atom. The molecule has 2 saturated heterocycles. The predicted octanol–water partition coefficient (Wildman–Crippen LogP) is 0.204. The highest BCUT2D eigenvalue weighted by molar-refractivity contribution is 5.87. The third-order valence-corrected chi connectivity index (χ3v) is 3.43. The molecule has 0 aromatic carbocycles. The van der Waals surface area contributed by atoms with Crippen molar-refractivity contribution in [2.75, 3.05) is 13.1 Å². The lowest BCUT2D eigenvalue weighted by Gasteiger charge is -2.34. The SMILES string of the molecule is O=C(O)C1CCCCN1C(=O)[C@@H]1CCCN1. The number of piperidine rings is 1. The summed E-state index contributed by atoms with van der Waals surface area (Å²) in [6.45, 7) is 1.45. The lowest BCUT2D eigenvalue weighted by atomic mass is 10.0. The first-order chi connectivity index (χ1) is 7.70. The Morgan fingerprint density at radius 2 is 2.00 bits per heavy atom. The molecule has 0 spiro atoms. The van der Waals surface area contributed by atoms with E-state index in [4.69, 9.17) is 5.11 Å². The molecule has 0 bridgehead atoms. The fourth-order valence-corrected chi connectivity index (χ4v) is 2.55. The van der Waals surface area contributed by atoms with Crippen LogP contribution in [0.15, 0.2) is 0 Å². The van der Waals surface area contributed by atoms with Gasteiger partial charge in [-0.05, 0) is 38.6 Å². The first-order valence-corrected chi connectivity index (χ1v) is 5.97. The summed E-state index contributed by atoms with van der Waals surface area (Å²) in [4.78, 5) is 24.7. The Balaban J connectivity index is 2.04. The molecule has 2 heterocycles. The van der Waals surface area contributed by atoms with Gasteiger partial charge in [0.1, 0.15) is 6.04 Å². The molecule has 0 aromatic rings. The highest BCUT2D eigenvalue weighted by atomic mass is 16.4. The first-order valence-electron chi connectivity index (χ1n) is 5.97. The van der Waals surface area contributed by atoms with Crippen molar-refractivity contribution in [3.63, 3.8) is 0 Å². The van der Waals surface area contributed by atoms with E-state index in [0.29, 0.717) is 13.0 Å². The molecule has 2 fully saturated rings. The zero-order chi connectivity index (χ0) is 11.5. The zero-order valence-electron chi connectivity index (χ0n) is 9.32. The molecule has 1 unspecified atom stereocenters. The van der Waals surface area contributed by atoms with Crippen molar-refractivity contribution >= 4 is 11.9 Å². The fourth-order valence-electron chi connectivity index (χ4n) is 2.55. The summed E-state index contributed by atoms with van der Waals surface area (Å²) in [5, 5.41) is 12.2. The Labute approximate surface area is 94.8 Å². The third kappa shape index (κ3) is 2.19. The smallest absolute Gasteiger partial charge is 0.326 e. The molecule has 16 heavy (non-hydrogen) atoms. The Bertz CT molecular complexity index is 287. The Morgan fingerprint density at radius 1 is 1.19 bits per heavy atom. The van der Waals surface area contributed by atoms with Crippen LogP contribution in [0.4, 0.5) is 0 Å². The van der Waals surface area contributed by atoms with Crippen molar-refractivity contribution < 1.29 is 14.7 Å². The zero-order valence-corrected chi connectivity index (χ0v) is 9.32. The summed E-state index contributed by atoms with van der Waals surface area (Å²) in [6.07, 6.45) is 4.25. The second-order valence-corrected chi connectivity index (χ2v) is 4.53. The van der Waals surface area contributed by atoms with Crippen LogP contribution in [0.3, 0.4) is 0 Å². The van der Waals surface area contributed by atoms with Crippen molar-refractivity contribution in [2.45, 2.75) is 44.2 Å². The van der Waals surface area contributed by atoms with Gasteiger partial charge in [-0.3, -0.25) is 4.79 Å². The minimum atomic E-state index is -0.869. The normalized spacial score (nSPS) is 30.4. The van der Waals surface area contributed by atoms with Gasteiger partial charge >= 0.3 is 5.97 Å². The standard InChI is InChI=1S/C11H18N2O3/c14-10(8-4-3-6-12-8)13-7-2-1-5-9(13)11(15)16/h8-9,12H,1-7H2,(H,15,16)/t8-,9?/m0/s1. The summed E-state index contributed by atoms with van der Waals surface area (Å²) >= 11 is 0. The van der Waals surface area contributed by atoms with E-state index in [-0.39, 0.29) is 11.9 Å². The number of nitrogens with zero attached hydrogens (tertiary/aromatic N) is 1. The van der Waals surface area contributed by atoms with Gasteiger partial charge in [-0.2, -0.15) is 0 Å². The van der Waals surface area contributed by atoms with Gasteiger partial charge in [0, 0.05) is 6.54 Å². The predicted molar refractivity (Wildman–Crippen MR) is 58.0 cm³/mol. The molecule has 2 N–H and O–H groups in total. The van der Waals surface area contributed by atoms with Crippen LogP contribution in [0.1, 0.15) is 32.1 Å². The average Bonchev–Trinajstić information content (AvgIpc) is 2.81. The van der Waals surface area contributed by atoms with Crippen molar-refractivity contribution in [2.24, 2.45) is 0 Å². The van der Waals surface area contributed by atoms with E-state index in [2.05, 4.69) is 5.32 Å². The molecule has 2 aliphatic heterocycles. The average molecular weight is 226 g/mol. The van der Waals surface area contributed by atoms with Gasteiger partial charge in [-0.25, -0.2) is 4.79 Å². The van der Waals surface area contributed by atoms with Crippen LogP contribution < -0.4 is 5.32 Å². The van der Waals surface area contributed by atoms with Gasteiger partial charge in [0.05, 0.1) is 6.04 Å². The second kappa shape index (κ2) is 4.82. The van der Waals surface area contributed by atoms with E-state index >= 15 is 0 Å². The van der Waals surface area contributed by atoms with Crippen LogP contribution in [0.5, 0.6) is 0 Å². The molecule has 0 radical (unpaired) electrons. The van der Waals surface area contributed by atoms with Crippen molar-refractivity contribution in [3.8, 4) is 0 Å². The topological polar surface area (TPSA) is 69.6 Å². The number of carbonyl (C=O) groups excluding carboxylic acids is 1. The van der Waals surface area contributed by atoms with Gasteiger partial charge in [0.25, 0.3) is 0 Å². The molecule has 2 atom stereocenters. The summed E-state index contributed by atoms with van der Waals surface area (Å²) in [6, 6.07) is -0.761. The molecule has 0 saturated carbocycles.